The van der Waals surface area contributed by atoms with E-state index < -0.39 is 63.8 Å². The maximum absolute atomic E-state index is 13.9. The van der Waals surface area contributed by atoms with Crippen molar-refractivity contribution >= 4 is 77.9 Å². The van der Waals surface area contributed by atoms with Crippen LogP contribution in [0, 0.1) is 17.3 Å². The van der Waals surface area contributed by atoms with E-state index in [0.717, 1.165) is 6.54 Å². The molecular weight excluding hydrogens is 648 g/mol. The second kappa shape index (κ2) is 13.4. The molecule has 3 aliphatic carbocycles. The van der Waals surface area contributed by atoms with Crippen molar-refractivity contribution in [2.45, 2.75) is 38.3 Å². The summed E-state index contributed by atoms with van der Waals surface area (Å²) in [6.45, 7) is 5.17. The van der Waals surface area contributed by atoms with E-state index in [1.54, 1.807) is 14.1 Å². The summed E-state index contributed by atoms with van der Waals surface area (Å²) in [6, 6.07) is -1.16. The minimum atomic E-state index is -2.70. The van der Waals surface area contributed by atoms with Gasteiger partial charge < -0.3 is 36.4 Å². The van der Waals surface area contributed by atoms with Crippen molar-refractivity contribution in [1.29, 1.82) is 0 Å². The van der Waals surface area contributed by atoms with Crippen LogP contribution >= 0.6 is 48.8 Å². The van der Waals surface area contributed by atoms with Crippen LogP contribution in [-0.4, -0.2) is 106 Å². The highest BCUT2D eigenvalue weighted by molar-refractivity contribution is 6.31. The average Bonchev–Trinajstić information content (AvgIpc) is 2.81. The molecule has 16 heteroatoms. The maximum Gasteiger partial charge on any atom is 0.255 e. The number of hydrogen-bond donors (Lipinski definition) is 6. The van der Waals surface area contributed by atoms with Gasteiger partial charge in [-0.15, -0.1) is 37.2 Å². The number of carbonyl (C=O) groups is 3. The summed E-state index contributed by atoms with van der Waals surface area (Å²) < 4.78 is 0. The van der Waals surface area contributed by atoms with Gasteiger partial charge in [0, 0.05) is 30.1 Å². The highest BCUT2D eigenvalue weighted by atomic mass is 35.5. The van der Waals surface area contributed by atoms with Crippen LogP contribution in [0.15, 0.2) is 16.9 Å². The summed E-state index contributed by atoms with van der Waals surface area (Å²) in [5, 5.41) is 48.3. The van der Waals surface area contributed by atoms with Crippen LogP contribution in [0.1, 0.15) is 31.4 Å². The first-order valence-electron chi connectivity index (χ1n) is 12.9. The van der Waals surface area contributed by atoms with Crippen LogP contribution in [0.3, 0.4) is 0 Å². The predicted molar refractivity (Wildman–Crippen MR) is 170 cm³/mol. The molecule has 1 aromatic rings. The van der Waals surface area contributed by atoms with Gasteiger partial charge in [0.1, 0.15) is 22.2 Å². The van der Waals surface area contributed by atoms with E-state index >= 15 is 0 Å². The Bertz CT molecular complexity index is 1380. The minimum absolute atomic E-state index is 0. The Morgan fingerprint density at radius 3 is 2.23 bits per heavy atom. The fraction of sp³-hybridized carbons (Fsp3) is 0.556. The molecule has 43 heavy (non-hydrogen) atoms. The number of hydrogen-bond acceptors (Lipinski definition) is 11. The molecule has 0 aromatic carbocycles. The molecule has 0 saturated heterocycles. The van der Waals surface area contributed by atoms with Crippen LogP contribution in [0.2, 0.25) is 5.15 Å². The van der Waals surface area contributed by atoms with Gasteiger partial charge in [0.05, 0.1) is 11.6 Å². The molecule has 12 nitrogen and oxygen atoms in total. The third-order valence-corrected chi connectivity index (χ3v) is 8.33. The number of rotatable bonds is 7. The molecule has 0 unspecified atom stereocenters. The molecule has 0 bridgehead atoms. The fourth-order valence-electron chi connectivity index (χ4n) is 6.51. The lowest BCUT2D eigenvalue weighted by molar-refractivity contribution is -0.153. The van der Waals surface area contributed by atoms with E-state index in [4.69, 9.17) is 17.3 Å². The standard InChI is InChI=1S/C27H36ClN5O7.3ClH/c1-26(2,10-32(3)4)9-30-25-20(36)15-12(23(28)31-25)7-11-8-13-17(33(5)6)19(35)16(24(29)39)22(38)27(13,40)21(37)14(11)18(15)34;;;/h11,13,17,34,36,38,40H,7-10H2,1-6H3,(H2,29,39)(H,30,31);3*1H/t11-,13-,17-,27-;;;/m0.../s1. The van der Waals surface area contributed by atoms with Crippen LogP contribution in [-0.2, 0) is 20.8 Å². The number of likely N-dealkylation sites (N-methyl/N-ethyl adjacent to an activating group) is 1. The van der Waals surface area contributed by atoms with E-state index in [9.17, 15) is 34.8 Å². The Hall–Kier alpha value is -2.32. The summed E-state index contributed by atoms with van der Waals surface area (Å²) >= 11 is 6.53. The number of nitrogens with zero attached hydrogens (tertiary/aromatic N) is 3. The SMILES string of the molecule is CN(C)CC(C)(C)CNc1nc(Cl)c2c(c1O)C(O)=C1C(=O)[C@]3(O)C(O)=C(C(N)=O)C(=O)[C@@H](N(C)C)[C@@H]3C[C@@H]1C2.Cl.Cl.Cl. The lowest BCUT2D eigenvalue weighted by Crippen LogP contribution is -2.65. The van der Waals surface area contributed by atoms with Gasteiger partial charge in [0.15, 0.2) is 23.0 Å². The summed E-state index contributed by atoms with van der Waals surface area (Å²) in [5.41, 5.74) is 1.52. The Kier molecular flexibility index (Phi) is 12.0. The topological polar surface area (TPSA) is 190 Å². The van der Waals surface area contributed by atoms with Crippen molar-refractivity contribution in [3.05, 3.63) is 33.2 Å². The number of nitrogens with two attached hydrogens (primary N) is 1. The third-order valence-electron chi connectivity index (χ3n) is 8.01. The minimum Gasteiger partial charge on any atom is -0.508 e. The number of pyridine rings is 1. The number of nitrogens with one attached hydrogen (secondary N) is 1. The molecule has 1 heterocycles. The normalized spacial score (nSPS) is 24.8. The van der Waals surface area contributed by atoms with Gasteiger partial charge in [-0.3, -0.25) is 19.3 Å². The molecule has 3 aliphatic rings. The summed E-state index contributed by atoms with van der Waals surface area (Å²) in [6.07, 6.45) is 0.0436. The number of primary amides is 1. The summed E-state index contributed by atoms with van der Waals surface area (Å²) in [5.74, 6) is -7.22. The average molecular weight is 687 g/mol. The molecule has 1 amide bonds. The van der Waals surface area contributed by atoms with Crippen LogP contribution in [0.4, 0.5) is 5.82 Å². The molecule has 0 spiro atoms. The molecule has 1 fully saturated rings. The molecule has 1 saturated carbocycles. The monoisotopic (exact) mass is 685 g/mol. The van der Waals surface area contributed by atoms with Gasteiger partial charge in [-0.25, -0.2) is 4.98 Å². The first-order chi connectivity index (χ1) is 18.4. The van der Waals surface area contributed by atoms with Gasteiger partial charge in [-0.2, -0.15) is 0 Å². The molecule has 1 aromatic heterocycles. The summed E-state index contributed by atoms with van der Waals surface area (Å²) in [7, 11) is 6.97. The first-order valence-corrected chi connectivity index (χ1v) is 13.3. The highest BCUT2D eigenvalue weighted by Crippen LogP contribution is 2.53. The Morgan fingerprint density at radius 2 is 1.72 bits per heavy atom. The number of aromatic hydroxyl groups is 1. The van der Waals surface area contributed by atoms with Crippen molar-refractivity contribution in [2.75, 3.05) is 46.6 Å². The van der Waals surface area contributed by atoms with E-state index in [1.807, 2.05) is 32.8 Å². The van der Waals surface area contributed by atoms with E-state index in [1.165, 1.54) is 4.90 Å². The zero-order valence-corrected chi connectivity index (χ0v) is 27.8. The first kappa shape index (κ1) is 38.7. The van der Waals surface area contributed by atoms with Crippen molar-refractivity contribution in [1.82, 2.24) is 14.8 Å². The molecular formula is C27H39Cl4N5O7. The largest absolute Gasteiger partial charge is 0.508 e. The number of aliphatic hydroxyl groups is 3. The van der Waals surface area contributed by atoms with E-state index in [-0.39, 0.29) is 77.6 Å². The van der Waals surface area contributed by atoms with Gasteiger partial charge in [-0.05, 0) is 52.4 Å². The van der Waals surface area contributed by atoms with Gasteiger partial charge in [-0.1, -0.05) is 25.4 Å². The molecule has 0 radical (unpaired) electrons. The fourth-order valence-corrected chi connectivity index (χ4v) is 6.77. The number of halogens is 4. The van der Waals surface area contributed by atoms with Crippen LogP contribution in [0.5, 0.6) is 5.75 Å². The summed E-state index contributed by atoms with van der Waals surface area (Å²) in [4.78, 5) is 47.0. The number of aliphatic hydroxyl groups excluding tert-OH is 2. The third kappa shape index (κ3) is 6.28. The number of Topliss-reactive ketones (excluding diaryl/α,β-unsaturated/α-hetero) is 2. The maximum atomic E-state index is 13.9. The molecule has 242 valence electrons. The van der Waals surface area contributed by atoms with Crippen molar-refractivity contribution in [3.63, 3.8) is 0 Å². The number of ketones is 2. The van der Waals surface area contributed by atoms with Gasteiger partial charge in [0.25, 0.3) is 5.91 Å². The second-order valence-corrected chi connectivity index (χ2v) is 12.5. The lowest BCUT2D eigenvalue weighted by atomic mass is 9.57. The van der Waals surface area contributed by atoms with Crippen molar-refractivity contribution < 1.29 is 34.8 Å². The Morgan fingerprint density at radius 1 is 1.14 bits per heavy atom. The Labute approximate surface area is 273 Å². The number of anilines is 1. The van der Waals surface area contributed by atoms with Crippen LogP contribution < -0.4 is 11.1 Å². The lowest BCUT2D eigenvalue weighted by Gasteiger charge is -2.50. The number of fused-ring (bicyclic) bond motifs is 3. The zero-order valence-electron chi connectivity index (χ0n) is 24.6. The molecule has 0 aliphatic heterocycles. The molecule has 4 rings (SSSR count). The Balaban J connectivity index is 0.00000308. The van der Waals surface area contributed by atoms with E-state index in [2.05, 4.69) is 10.3 Å². The highest BCUT2D eigenvalue weighted by Gasteiger charge is 2.64. The second-order valence-electron chi connectivity index (χ2n) is 12.2. The number of aromatic nitrogens is 1. The number of carbonyl (C=O) groups excluding carboxylic acids is 3. The smallest absolute Gasteiger partial charge is 0.255 e. The molecule has 7 N–H and O–H groups in total. The van der Waals surface area contributed by atoms with Gasteiger partial charge >= 0.3 is 0 Å². The van der Waals surface area contributed by atoms with Crippen molar-refractivity contribution in [2.24, 2.45) is 23.0 Å². The van der Waals surface area contributed by atoms with Crippen LogP contribution in [0.25, 0.3) is 5.76 Å². The quantitative estimate of drug-likeness (QED) is 0.182. The van der Waals surface area contributed by atoms with Gasteiger partial charge in [0.2, 0.25) is 5.78 Å². The predicted octanol–water partition coefficient (Wildman–Crippen LogP) is 2.28. The molecule has 4 atom stereocenters. The number of amides is 1. The zero-order chi connectivity index (χ0) is 30.1. The van der Waals surface area contributed by atoms with E-state index in [0.29, 0.717) is 12.1 Å². The van der Waals surface area contributed by atoms with Crippen molar-refractivity contribution in [3.8, 4) is 5.75 Å².